The molecule has 0 saturated carbocycles. The molecule has 0 spiro atoms. The fourth-order valence-electron chi connectivity index (χ4n) is 3.46. The Morgan fingerprint density at radius 3 is 2.76 bits per heavy atom. The van der Waals surface area contributed by atoms with Crippen LogP contribution in [0, 0.1) is 5.92 Å². The van der Waals surface area contributed by atoms with E-state index in [1.54, 1.807) is 4.90 Å². The van der Waals surface area contributed by atoms with E-state index >= 15 is 0 Å². The third-order valence-electron chi connectivity index (χ3n) is 5.37. The number of carbonyl (C=O) groups is 2. The molecule has 3 rings (SSSR count). The predicted molar refractivity (Wildman–Crippen MR) is 98.1 cm³/mol. The van der Waals surface area contributed by atoms with Gasteiger partial charge in [0.15, 0.2) is 0 Å². The molecule has 0 aliphatic carbocycles. The van der Waals surface area contributed by atoms with E-state index in [0.29, 0.717) is 25.0 Å². The van der Waals surface area contributed by atoms with Crippen molar-refractivity contribution in [2.75, 3.05) is 31.5 Å². The van der Waals surface area contributed by atoms with Gasteiger partial charge in [0.2, 0.25) is 11.8 Å². The monoisotopic (exact) mass is 344 g/mol. The first-order chi connectivity index (χ1) is 12.0. The summed E-state index contributed by atoms with van der Waals surface area (Å²) in [4.78, 5) is 27.9. The van der Waals surface area contributed by atoms with E-state index in [4.69, 9.17) is 0 Å². The molecule has 6 nitrogen and oxygen atoms in total. The van der Waals surface area contributed by atoms with Gasteiger partial charge in [-0.1, -0.05) is 26.0 Å². The molecular weight excluding hydrogens is 316 g/mol. The van der Waals surface area contributed by atoms with Gasteiger partial charge in [-0.25, -0.2) is 0 Å². The molecule has 1 aromatic rings. The minimum absolute atomic E-state index is 0.0298. The number of nitrogens with one attached hydrogen (secondary N) is 2. The summed E-state index contributed by atoms with van der Waals surface area (Å²) >= 11 is 0. The minimum atomic E-state index is -0.0847. The van der Waals surface area contributed by atoms with Crippen molar-refractivity contribution in [1.29, 1.82) is 0 Å². The maximum absolute atomic E-state index is 12.4. The molecule has 2 amide bonds. The first-order valence-corrected chi connectivity index (χ1v) is 9.09. The molecule has 0 aromatic heterocycles. The highest BCUT2D eigenvalue weighted by molar-refractivity contribution is 5.88. The second-order valence-electron chi connectivity index (χ2n) is 7.35. The molecule has 1 fully saturated rings. The van der Waals surface area contributed by atoms with Crippen LogP contribution in [-0.4, -0.2) is 53.8 Å². The van der Waals surface area contributed by atoms with Crippen molar-refractivity contribution in [3.05, 3.63) is 29.3 Å². The van der Waals surface area contributed by atoms with Gasteiger partial charge in [0.1, 0.15) is 0 Å². The van der Waals surface area contributed by atoms with Gasteiger partial charge in [0, 0.05) is 37.9 Å². The zero-order valence-electron chi connectivity index (χ0n) is 15.3. The lowest BCUT2D eigenvalue weighted by Crippen LogP contribution is -2.51. The van der Waals surface area contributed by atoms with Crippen molar-refractivity contribution in [2.45, 2.75) is 39.9 Å². The van der Waals surface area contributed by atoms with Crippen LogP contribution in [0.2, 0.25) is 0 Å². The van der Waals surface area contributed by atoms with Gasteiger partial charge in [-0.2, -0.15) is 0 Å². The highest BCUT2D eigenvalue weighted by atomic mass is 16.2. The Labute approximate surface area is 149 Å². The van der Waals surface area contributed by atoms with Crippen molar-refractivity contribution >= 4 is 17.5 Å². The van der Waals surface area contributed by atoms with Crippen molar-refractivity contribution in [2.24, 2.45) is 5.92 Å². The predicted octanol–water partition coefficient (Wildman–Crippen LogP) is 1.42. The summed E-state index contributed by atoms with van der Waals surface area (Å²) < 4.78 is 0. The zero-order valence-corrected chi connectivity index (χ0v) is 15.3. The zero-order chi connectivity index (χ0) is 18.0. The lowest BCUT2D eigenvalue weighted by atomic mass is 10.1. The maximum Gasteiger partial charge on any atom is 0.242 e. The Bertz CT molecular complexity index is 659. The van der Waals surface area contributed by atoms with Crippen molar-refractivity contribution in [3.63, 3.8) is 0 Å². The number of hydrogen-bond acceptors (Lipinski definition) is 4. The molecule has 1 saturated heterocycles. The Balaban J connectivity index is 1.63. The van der Waals surface area contributed by atoms with Crippen molar-refractivity contribution < 1.29 is 9.59 Å². The van der Waals surface area contributed by atoms with Crippen LogP contribution in [0.3, 0.4) is 0 Å². The summed E-state index contributed by atoms with van der Waals surface area (Å²) in [6.07, 6.45) is 0. The Hall–Kier alpha value is -2.08. The van der Waals surface area contributed by atoms with Crippen LogP contribution in [0.25, 0.3) is 0 Å². The molecule has 2 aliphatic rings. The second-order valence-corrected chi connectivity index (χ2v) is 7.35. The summed E-state index contributed by atoms with van der Waals surface area (Å²) in [5.41, 5.74) is 3.66. The topological polar surface area (TPSA) is 64.7 Å². The molecule has 25 heavy (non-hydrogen) atoms. The molecule has 0 bridgehead atoms. The number of carbonyl (C=O) groups excluding carboxylic acids is 2. The van der Waals surface area contributed by atoms with E-state index in [2.05, 4.69) is 42.4 Å². The summed E-state index contributed by atoms with van der Waals surface area (Å²) in [6, 6.07) is 6.78. The number of anilines is 1. The van der Waals surface area contributed by atoms with Crippen LogP contribution in [0.1, 0.15) is 31.9 Å². The molecule has 1 aromatic carbocycles. The van der Waals surface area contributed by atoms with E-state index in [-0.39, 0.29) is 24.9 Å². The molecule has 0 radical (unpaired) electrons. The summed E-state index contributed by atoms with van der Waals surface area (Å²) in [6.45, 7) is 10.2. The third-order valence-corrected chi connectivity index (χ3v) is 5.37. The van der Waals surface area contributed by atoms with E-state index in [0.717, 1.165) is 18.8 Å². The van der Waals surface area contributed by atoms with Crippen LogP contribution in [-0.2, 0) is 22.7 Å². The smallest absolute Gasteiger partial charge is 0.242 e. The quantitative estimate of drug-likeness (QED) is 0.848. The number of piperazine rings is 1. The summed E-state index contributed by atoms with van der Waals surface area (Å²) in [5, 5.41) is 6.04. The van der Waals surface area contributed by atoms with Crippen LogP contribution < -0.4 is 10.6 Å². The number of rotatable bonds is 5. The summed E-state index contributed by atoms with van der Waals surface area (Å²) in [7, 11) is 0. The number of amides is 2. The first-order valence-electron chi connectivity index (χ1n) is 9.09. The lowest BCUT2D eigenvalue weighted by Gasteiger charge is -2.27. The van der Waals surface area contributed by atoms with Crippen LogP contribution in [0.5, 0.6) is 0 Å². The molecule has 2 heterocycles. The van der Waals surface area contributed by atoms with Crippen molar-refractivity contribution in [3.8, 4) is 0 Å². The first kappa shape index (κ1) is 17.7. The van der Waals surface area contributed by atoms with E-state index in [9.17, 15) is 9.59 Å². The van der Waals surface area contributed by atoms with Gasteiger partial charge in [-0.05, 0) is 30.0 Å². The highest BCUT2D eigenvalue weighted by Crippen LogP contribution is 2.31. The lowest BCUT2D eigenvalue weighted by molar-refractivity contribution is -0.136. The SMILES string of the molecule is CC(C)C(C)N1Cc2cccc(NCC(=O)N3CCNC(=O)C3)c2C1. The Morgan fingerprint density at radius 2 is 2.04 bits per heavy atom. The van der Waals surface area contributed by atoms with Gasteiger partial charge in [-0.3, -0.25) is 14.5 Å². The normalized spacial score (nSPS) is 18.9. The number of benzene rings is 1. The fraction of sp³-hybridized carbons (Fsp3) is 0.579. The van der Waals surface area contributed by atoms with E-state index < -0.39 is 0 Å². The Morgan fingerprint density at radius 1 is 1.24 bits per heavy atom. The number of hydrogen-bond donors (Lipinski definition) is 2. The minimum Gasteiger partial charge on any atom is -0.376 e. The van der Waals surface area contributed by atoms with Crippen LogP contribution in [0.15, 0.2) is 18.2 Å². The van der Waals surface area contributed by atoms with Crippen LogP contribution in [0.4, 0.5) is 5.69 Å². The molecule has 2 aliphatic heterocycles. The Kier molecular flexibility index (Phi) is 5.27. The fourth-order valence-corrected chi connectivity index (χ4v) is 3.46. The third kappa shape index (κ3) is 3.95. The molecule has 1 atom stereocenters. The summed E-state index contributed by atoms with van der Waals surface area (Å²) in [5.74, 6) is 0.494. The van der Waals surface area contributed by atoms with E-state index in [1.807, 2.05) is 12.1 Å². The standard InChI is InChI=1S/C19H28N4O2/c1-13(2)14(3)23-10-15-5-4-6-17(16(15)11-23)21-9-19(25)22-8-7-20-18(24)12-22/h4-6,13-14,21H,7-12H2,1-3H3,(H,20,24). The highest BCUT2D eigenvalue weighted by Gasteiger charge is 2.27. The molecule has 6 heteroatoms. The van der Waals surface area contributed by atoms with Gasteiger partial charge < -0.3 is 15.5 Å². The molecular formula is C19H28N4O2. The van der Waals surface area contributed by atoms with Gasteiger partial charge >= 0.3 is 0 Å². The van der Waals surface area contributed by atoms with Crippen LogP contribution >= 0.6 is 0 Å². The van der Waals surface area contributed by atoms with Crippen molar-refractivity contribution in [1.82, 2.24) is 15.1 Å². The number of fused-ring (bicyclic) bond motifs is 1. The number of nitrogens with zero attached hydrogens (tertiary/aromatic N) is 2. The largest absolute Gasteiger partial charge is 0.376 e. The average Bonchev–Trinajstić information content (AvgIpc) is 3.03. The van der Waals surface area contributed by atoms with Gasteiger partial charge in [0.05, 0.1) is 13.1 Å². The molecule has 1 unspecified atom stereocenters. The average molecular weight is 344 g/mol. The van der Waals surface area contributed by atoms with Gasteiger partial charge in [0.25, 0.3) is 0 Å². The molecule has 136 valence electrons. The van der Waals surface area contributed by atoms with E-state index in [1.165, 1.54) is 11.1 Å². The second kappa shape index (κ2) is 7.44. The van der Waals surface area contributed by atoms with Gasteiger partial charge in [-0.15, -0.1) is 0 Å². The molecule has 2 N–H and O–H groups in total. The maximum atomic E-state index is 12.4.